The van der Waals surface area contributed by atoms with E-state index < -0.39 is 5.60 Å². The number of hydrogen-bond acceptors (Lipinski definition) is 2. The van der Waals surface area contributed by atoms with Crippen LogP contribution in [0.5, 0.6) is 0 Å². The second-order valence-corrected chi connectivity index (χ2v) is 3.57. The van der Waals surface area contributed by atoms with Gasteiger partial charge in [-0.3, -0.25) is 5.32 Å². The molecule has 0 saturated carbocycles. The number of carbonyl (C=O) groups excluding carboxylic acids is 1. The maximum absolute atomic E-state index is 11.1. The van der Waals surface area contributed by atoms with Crippen molar-refractivity contribution in [2.45, 2.75) is 33.3 Å². The first-order valence-electron chi connectivity index (χ1n) is 5.19. The number of anilines is 1. The SMILES string of the molecule is CC.CC1(C)OC(=O)Nc2ccccc21. The Balaban J connectivity index is 0.000000531. The normalized spacial score (nSPS) is 16.4. The first-order valence-corrected chi connectivity index (χ1v) is 5.19. The molecule has 82 valence electrons. The van der Waals surface area contributed by atoms with Crippen LogP contribution in [-0.4, -0.2) is 6.09 Å². The maximum atomic E-state index is 11.1. The zero-order valence-corrected chi connectivity index (χ0v) is 9.63. The fourth-order valence-electron chi connectivity index (χ4n) is 1.54. The van der Waals surface area contributed by atoms with E-state index in [0.29, 0.717) is 0 Å². The highest BCUT2D eigenvalue weighted by molar-refractivity contribution is 5.88. The smallest absolute Gasteiger partial charge is 0.412 e. The quantitative estimate of drug-likeness (QED) is 0.707. The number of para-hydroxylation sites is 1. The largest absolute Gasteiger partial charge is 0.438 e. The molecular formula is C12H17NO2. The van der Waals surface area contributed by atoms with Crippen molar-refractivity contribution in [3.8, 4) is 0 Å². The molecule has 0 radical (unpaired) electrons. The predicted octanol–water partition coefficient (Wildman–Crippen LogP) is 3.51. The van der Waals surface area contributed by atoms with Gasteiger partial charge in [0.05, 0.1) is 5.69 Å². The van der Waals surface area contributed by atoms with E-state index in [1.807, 2.05) is 52.0 Å². The van der Waals surface area contributed by atoms with Gasteiger partial charge in [-0.2, -0.15) is 0 Å². The number of rotatable bonds is 0. The van der Waals surface area contributed by atoms with Gasteiger partial charge in [-0.1, -0.05) is 32.0 Å². The van der Waals surface area contributed by atoms with Crippen LogP contribution in [0.1, 0.15) is 33.3 Å². The standard InChI is InChI=1S/C10H11NO2.C2H6/c1-10(2)7-5-3-4-6-8(7)11-9(12)13-10;1-2/h3-6H,1-2H3,(H,11,12);1-2H3. The highest BCUT2D eigenvalue weighted by Gasteiger charge is 2.32. The van der Waals surface area contributed by atoms with Crippen LogP contribution in [0.3, 0.4) is 0 Å². The summed E-state index contributed by atoms with van der Waals surface area (Å²) in [6.45, 7) is 7.76. The molecule has 0 aromatic heterocycles. The first-order chi connectivity index (χ1) is 7.09. The Hall–Kier alpha value is -1.51. The molecule has 0 spiro atoms. The first kappa shape index (κ1) is 11.6. The molecule has 15 heavy (non-hydrogen) atoms. The van der Waals surface area contributed by atoms with Gasteiger partial charge in [0.15, 0.2) is 0 Å². The zero-order chi connectivity index (χ0) is 11.5. The van der Waals surface area contributed by atoms with E-state index in [-0.39, 0.29) is 6.09 Å². The molecule has 0 atom stereocenters. The van der Waals surface area contributed by atoms with Crippen LogP contribution in [0.25, 0.3) is 0 Å². The second kappa shape index (κ2) is 4.34. The topological polar surface area (TPSA) is 38.3 Å². The molecular weight excluding hydrogens is 190 g/mol. The molecule has 1 heterocycles. The van der Waals surface area contributed by atoms with Crippen molar-refractivity contribution in [3.63, 3.8) is 0 Å². The van der Waals surface area contributed by atoms with Crippen LogP contribution in [0.2, 0.25) is 0 Å². The molecule has 3 nitrogen and oxygen atoms in total. The maximum Gasteiger partial charge on any atom is 0.412 e. The molecule has 0 aliphatic carbocycles. The lowest BCUT2D eigenvalue weighted by Crippen LogP contribution is -2.34. The van der Waals surface area contributed by atoms with Crippen LogP contribution >= 0.6 is 0 Å². The molecule has 1 aromatic carbocycles. The second-order valence-electron chi connectivity index (χ2n) is 3.57. The molecule has 2 rings (SSSR count). The summed E-state index contributed by atoms with van der Waals surface area (Å²) in [4.78, 5) is 11.1. The number of carbonyl (C=O) groups is 1. The van der Waals surface area contributed by atoms with E-state index >= 15 is 0 Å². The van der Waals surface area contributed by atoms with Gasteiger partial charge >= 0.3 is 6.09 Å². The van der Waals surface area contributed by atoms with Crippen molar-refractivity contribution in [3.05, 3.63) is 29.8 Å². The van der Waals surface area contributed by atoms with Gasteiger partial charge in [-0.25, -0.2) is 4.79 Å². The average molecular weight is 207 g/mol. The number of hydrogen-bond donors (Lipinski definition) is 1. The summed E-state index contributed by atoms with van der Waals surface area (Å²) in [5.41, 5.74) is 1.32. The monoisotopic (exact) mass is 207 g/mol. The van der Waals surface area contributed by atoms with Crippen molar-refractivity contribution < 1.29 is 9.53 Å². The Kier molecular flexibility index (Phi) is 3.35. The summed E-state index contributed by atoms with van der Waals surface area (Å²) in [5, 5.41) is 2.65. The van der Waals surface area contributed by atoms with E-state index in [2.05, 4.69) is 5.32 Å². The molecule has 1 aromatic rings. The molecule has 1 N–H and O–H groups in total. The Morgan fingerprint density at radius 1 is 1.20 bits per heavy atom. The van der Waals surface area contributed by atoms with Crippen LogP contribution in [-0.2, 0) is 10.3 Å². The molecule has 1 aliphatic heterocycles. The molecule has 0 saturated heterocycles. The summed E-state index contributed by atoms with van der Waals surface area (Å²) >= 11 is 0. The van der Waals surface area contributed by atoms with Gasteiger partial charge in [-0.15, -0.1) is 0 Å². The third-order valence-electron chi connectivity index (χ3n) is 2.16. The molecule has 1 aliphatic rings. The van der Waals surface area contributed by atoms with Gasteiger partial charge in [0.1, 0.15) is 5.60 Å². The van der Waals surface area contributed by atoms with Gasteiger partial charge in [-0.05, 0) is 19.9 Å². The van der Waals surface area contributed by atoms with Crippen molar-refractivity contribution >= 4 is 11.8 Å². The summed E-state index contributed by atoms with van der Waals surface area (Å²) in [6.07, 6.45) is -0.385. The fourth-order valence-corrected chi connectivity index (χ4v) is 1.54. The van der Waals surface area contributed by atoms with Crippen LogP contribution in [0.4, 0.5) is 10.5 Å². The van der Waals surface area contributed by atoms with Crippen molar-refractivity contribution in [1.29, 1.82) is 0 Å². The fraction of sp³-hybridized carbons (Fsp3) is 0.417. The van der Waals surface area contributed by atoms with Gasteiger partial charge in [0.2, 0.25) is 0 Å². The Labute approximate surface area is 90.4 Å². The van der Waals surface area contributed by atoms with E-state index in [1.54, 1.807) is 0 Å². The lowest BCUT2D eigenvalue weighted by molar-refractivity contribution is 0.0420. The van der Waals surface area contributed by atoms with Crippen LogP contribution < -0.4 is 5.32 Å². The summed E-state index contributed by atoms with van der Waals surface area (Å²) in [6, 6.07) is 7.65. The average Bonchev–Trinajstić information content (AvgIpc) is 2.19. The van der Waals surface area contributed by atoms with E-state index in [0.717, 1.165) is 11.3 Å². The number of benzene rings is 1. The number of nitrogens with one attached hydrogen (secondary N) is 1. The van der Waals surface area contributed by atoms with Gasteiger partial charge < -0.3 is 4.74 Å². The third-order valence-corrected chi connectivity index (χ3v) is 2.16. The minimum Gasteiger partial charge on any atom is -0.438 e. The summed E-state index contributed by atoms with van der Waals surface area (Å²) in [5.74, 6) is 0. The number of cyclic esters (lactones) is 1. The van der Waals surface area contributed by atoms with E-state index in [9.17, 15) is 4.79 Å². The summed E-state index contributed by atoms with van der Waals surface area (Å²) < 4.78 is 5.15. The Morgan fingerprint density at radius 2 is 1.80 bits per heavy atom. The van der Waals surface area contributed by atoms with Crippen molar-refractivity contribution in [2.24, 2.45) is 0 Å². The highest BCUT2D eigenvalue weighted by Crippen LogP contribution is 2.34. The van der Waals surface area contributed by atoms with Gasteiger partial charge in [0, 0.05) is 5.56 Å². The van der Waals surface area contributed by atoms with Crippen LogP contribution in [0.15, 0.2) is 24.3 Å². The lowest BCUT2D eigenvalue weighted by atomic mass is 9.95. The van der Waals surface area contributed by atoms with Crippen molar-refractivity contribution in [2.75, 3.05) is 5.32 Å². The van der Waals surface area contributed by atoms with Gasteiger partial charge in [0.25, 0.3) is 0 Å². The molecule has 0 unspecified atom stereocenters. The molecule has 0 fully saturated rings. The summed E-state index contributed by atoms with van der Waals surface area (Å²) in [7, 11) is 0. The molecule has 1 amide bonds. The van der Waals surface area contributed by atoms with Crippen molar-refractivity contribution in [1.82, 2.24) is 0 Å². The van der Waals surface area contributed by atoms with E-state index in [1.165, 1.54) is 0 Å². The zero-order valence-electron chi connectivity index (χ0n) is 9.63. The number of ether oxygens (including phenoxy) is 1. The minimum absolute atomic E-state index is 0.385. The Morgan fingerprint density at radius 3 is 2.47 bits per heavy atom. The third kappa shape index (κ3) is 2.29. The lowest BCUT2D eigenvalue weighted by Gasteiger charge is -2.32. The minimum atomic E-state index is -0.529. The Bertz CT molecular complexity index is 358. The highest BCUT2D eigenvalue weighted by atomic mass is 16.6. The predicted molar refractivity (Wildman–Crippen MR) is 60.9 cm³/mol. The van der Waals surface area contributed by atoms with Crippen LogP contribution in [0, 0.1) is 0 Å². The molecule has 0 bridgehead atoms. The number of fused-ring (bicyclic) bond motifs is 1. The molecule has 3 heteroatoms. The number of amides is 1. The van der Waals surface area contributed by atoms with E-state index in [4.69, 9.17) is 4.74 Å².